The Balaban J connectivity index is 1.71. The van der Waals surface area contributed by atoms with Crippen LogP contribution < -0.4 is 0 Å². The molecule has 0 aliphatic carbocycles. The molecule has 0 bridgehead atoms. The van der Waals surface area contributed by atoms with E-state index < -0.39 is 0 Å². The summed E-state index contributed by atoms with van der Waals surface area (Å²) in [5, 5.41) is 8.62. The van der Waals surface area contributed by atoms with Crippen molar-refractivity contribution in [1.29, 1.82) is 0 Å². The third-order valence-corrected chi connectivity index (χ3v) is 4.59. The van der Waals surface area contributed by atoms with Crippen molar-refractivity contribution >= 4 is 11.0 Å². The van der Waals surface area contributed by atoms with E-state index in [2.05, 4.69) is 34.6 Å². The largest absolute Gasteiger partial charge is 0.373 e. The lowest BCUT2D eigenvalue weighted by molar-refractivity contribution is -0.0469. The van der Waals surface area contributed by atoms with Crippen LogP contribution >= 0.6 is 0 Å². The van der Waals surface area contributed by atoms with E-state index in [4.69, 9.17) is 9.47 Å². The Hall–Kier alpha value is -2.24. The van der Waals surface area contributed by atoms with Crippen LogP contribution in [0.25, 0.3) is 11.0 Å². The minimum Gasteiger partial charge on any atom is -0.373 e. The van der Waals surface area contributed by atoms with Gasteiger partial charge in [0.2, 0.25) is 0 Å². The standard InChI is InChI=1S/C19H21N3O2/c1-2-23-18(14-8-4-3-5-9-14)15-12-13-24-19(15)22-17-11-7-6-10-16(17)20-21-22/h3-11,15,18-19H,2,12-13H2,1H3/t15-,18-,19-/m0/s1. The van der Waals surface area contributed by atoms with Crippen LogP contribution in [0, 0.1) is 5.92 Å². The molecule has 24 heavy (non-hydrogen) atoms. The van der Waals surface area contributed by atoms with Crippen LogP contribution in [0.1, 0.15) is 31.2 Å². The highest BCUT2D eigenvalue weighted by Gasteiger charge is 2.38. The van der Waals surface area contributed by atoms with Crippen molar-refractivity contribution in [2.75, 3.05) is 13.2 Å². The van der Waals surface area contributed by atoms with Crippen molar-refractivity contribution in [1.82, 2.24) is 15.0 Å². The summed E-state index contributed by atoms with van der Waals surface area (Å²) in [4.78, 5) is 0. The lowest BCUT2D eigenvalue weighted by atomic mass is 9.92. The van der Waals surface area contributed by atoms with Crippen LogP contribution in [0.5, 0.6) is 0 Å². The van der Waals surface area contributed by atoms with Crippen LogP contribution in [-0.2, 0) is 9.47 Å². The first-order chi connectivity index (χ1) is 11.9. The molecule has 0 amide bonds. The molecule has 1 aliphatic heterocycles. The number of fused-ring (bicyclic) bond motifs is 1. The Morgan fingerprint density at radius 1 is 1.17 bits per heavy atom. The Bertz CT molecular complexity index is 802. The first-order valence-electron chi connectivity index (χ1n) is 8.46. The van der Waals surface area contributed by atoms with Crippen LogP contribution in [0.15, 0.2) is 54.6 Å². The smallest absolute Gasteiger partial charge is 0.158 e. The number of nitrogens with zero attached hydrogens (tertiary/aromatic N) is 3. The van der Waals surface area contributed by atoms with Gasteiger partial charge in [0.25, 0.3) is 0 Å². The van der Waals surface area contributed by atoms with E-state index in [0.29, 0.717) is 13.2 Å². The van der Waals surface area contributed by atoms with E-state index in [1.165, 1.54) is 5.56 Å². The highest BCUT2D eigenvalue weighted by molar-refractivity contribution is 5.73. The fraction of sp³-hybridized carbons (Fsp3) is 0.368. The van der Waals surface area contributed by atoms with E-state index in [9.17, 15) is 0 Å². The quantitative estimate of drug-likeness (QED) is 0.717. The molecule has 1 saturated heterocycles. The molecule has 124 valence electrons. The van der Waals surface area contributed by atoms with E-state index in [0.717, 1.165) is 17.5 Å². The molecular weight excluding hydrogens is 302 g/mol. The van der Waals surface area contributed by atoms with Crippen molar-refractivity contribution in [3.63, 3.8) is 0 Å². The Labute approximate surface area is 141 Å². The number of para-hydroxylation sites is 1. The van der Waals surface area contributed by atoms with E-state index >= 15 is 0 Å². The van der Waals surface area contributed by atoms with Gasteiger partial charge in [0.05, 0.1) is 11.6 Å². The zero-order valence-electron chi connectivity index (χ0n) is 13.7. The lowest BCUT2D eigenvalue weighted by Gasteiger charge is -2.28. The SMILES string of the molecule is CCO[C@@H](c1ccccc1)[C@@H]1CCO[C@@H]1n1nnc2ccccc21. The monoisotopic (exact) mass is 323 g/mol. The maximum Gasteiger partial charge on any atom is 0.158 e. The van der Waals surface area contributed by atoms with Gasteiger partial charge in [-0.1, -0.05) is 47.7 Å². The summed E-state index contributed by atoms with van der Waals surface area (Å²) in [7, 11) is 0. The van der Waals surface area contributed by atoms with Gasteiger partial charge in [-0.3, -0.25) is 0 Å². The summed E-state index contributed by atoms with van der Waals surface area (Å²) in [5.41, 5.74) is 3.07. The molecule has 0 saturated carbocycles. The molecule has 0 radical (unpaired) electrons. The van der Waals surface area contributed by atoms with E-state index in [1.807, 2.05) is 41.9 Å². The minimum atomic E-state index is -0.158. The molecule has 1 aliphatic rings. The fourth-order valence-electron chi connectivity index (χ4n) is 3.51. The molecule has 5 heteroatoms. The van der Waals surface area contributed by atoms with Crippen LogP contribution in [0.2, 0.25) is 0 Å². The maximum atomic E-state index is 6.11. The zero-order valence-corrected chi connectivity index (χ0v) is 13.7. The molecular formula is C19H21N3O2. The van der Waals surface area contributed by atoms with Crippen molar-refractivity contribution in [2.45, 2.75) is 25.7 Å². The lowest BCUT2D eigenvalue weighted by Crippen LogP contribution is -2.24. The number of hydrogen-bond donors (Lipinski definition) is 0. The zero-order chi connectivity index (χ0) is 16.4. The molecule has 2 heterocycles. The summed E-state index contributed by atoms with van der Waals surface area (Å²) in [5.74, 6) is 0.206. The van der Waals surface area contributed by atoms with Gasteiger partial charge < -0.3 is 9.47 Å². The van der Waals surface area contributed by atoms with Crippen LogP contribution in [0.4, 0.5) is 0 Å². The van der Waals surface area contributed by atoms with E-state index in [-0.39, 0.29) is 18.2 Å². The molecule has 1 aromatic heterocycles. The topological polar surface area (TPSA) is 49.2 Å². The molecule has 0 spiro atoms. The third kappa shape index (κ3) is 2.70. The molecule has 0 unspecified atom stereocenters. The number of ether oxygens (including phenoxy) is 2. The molecule has 2 aromatic carbocycles. The summed E-state index contributed by atoms with van der Waals surface area (Å²) in [6.45, 7) is 3.41. The van der Waals surface area contributed by atoms with Gasteiger partial charge in [-0.25, -0.2) is 4.68 Å². The molecule has 5 nitrogen and oxygen atoms in total. The van der Waals surface area contributed by atoms with Gasteiger partial charge in [-0.2, -0.15) is 0 Å². The first-order valence-corrected chi connectivity index (χ1v) is 8.46. The average Bonchev–Trinajstić information content (AvgIpc) is 3.27. The number of aromatic nitrogens is 3. The summed E-state index contributed by atoms with van der Waals surface area (Å²) in [6, 6.07) is 18.4. The molecule has 1 fully saturated rings. The van der Waals surface area contributed by atoms with Crippen molar-refractivity contribution in [3.05, 3.63) is 60.2 Å². The van der Waals surface area contributed by atoms with Gasteiger partial charge in [-0.05, 0) is 31.0 Å². The van der Waals surface area contributed by atoms with Gasteiger partial charge >= 0.3 is 0 Å². The molecule has 0 N–H and O–H groups in total. The van der Waals surface area contributed by atoms with Crippen molar-refractivity contribution in [2.24, 2.45) is 5.92 Å². The van der Waals surface area contributed by atoms with Crippen molar-refractivity contribution in [3.8, 4) is 0 Å². The molecule has 4 rings (SSSR count). The van der Waals surface area contributed by atoms with Crippen molar-refractivity contribution < 1.29 is 9.47 Å². The van der Waals surface area contributed by atoms with Crippen LogP contribution in [-0.4, -0.2) is 28.2 Å². The summed E-state index contributed by atoms with van der Waals surface area (Å²) < 4.78 is 14.1. The number of benzene rings is 2. The Morgan fingerprint density at radius 2 is 1.96 bits per heavy atom. The Kier molecular flexibility index (Phi) is 4.28. The third-order valence-electron chi connectivity index (χ3n) is 4.59. The Morgan fingerprint density at radius 3 is 2.79 bits per heavy atom. The first kappa shape index (κ1) is 15.3. The highest BCUT2D eigenvalue weighted by Crippen LogP contribution is 2.41. The summed E-state index contributed by atoms with van der Waals surface area (Å²) >= 11 is 0. The second kappa shape index (κ2) is 6.71. The average molecular weight is 323 g/mol. The van der Waals surface area contributed by atoms with E-state index in [1.54, 1.807) is 0 Å². The molecule has 3 atom stereocenters. The van der Waals surface area contributed by atoms with Crippen LogP contribution in [0.3, 0.4) is 0 Å². The van der Waals surface area contributed by atoms with Gasteiger partial charge in [0.1, 0.15) is 5.52 Å². The second-order valence-electron chi connectivity index (χ2n) is 6.02. The fourth-order valence-corrected chi connectivity index (χ4v) is 3.51. The van der Waals surface area contributed by atoms with Gasteiger partial charge in [-0.15, -0.1) is 5.10 Å². The number of hydrogen-bond acceptors (Lipinski definition) is 4. The van der Waals surface area contributed by atoms with Gasteiger partial charge in [0.15, 0.2) is 6.23 Å². The predicted molar refractivity (Wildman–Crippen MR) is 91.4 cm³/mol. The second-order valence-corrected chi connectivity index (χ2v) is 6.02. The number of rotatable bonds is 5. The predicted octanol–water partition coefficient (Wildman–Crippen LogP) is 3.74. The minimum absolute atomic E-state index is 0.00772. The molecule has 3 aromatic rings. The van der Waals surface area contributed by atoms with Gasteiger partial charge in [0, 0.05) is 19.1 Å². The normalized spacial score (nSPS) is 22.0. The highest BCUT2D eigenvalue weighted by atomic mass is 16.5. The maximum absolute atomic E-state index is 6.11. The summed E-state index contributed by atoms with van der Waals surface area (Å²) in [6.07, 6.45) is 0.777.